The lowest BCUT2D eigenvalue weighted by Crippen LogP contribution is -2.27. The molecule has 0 aliphatic rings. The van der Waals surface area contributed by atoms with Crippen molar-refractivity contribution in [2.24, 2.45) is 0 Å². The molecule has 0 unspecified atom stereocenters. The third-order valence-corrected chi connectivity index (χ3v) is 4.40. The highest BCUT2D eigenvalue weighted by Gasteiger charge is 2.09. The van der Waals surface area contributed by atoms with E-state index in [1.54, 1.807) is 31.2 Å². The van der Waals surface area contributed by atoms with Gasteiger partial charge in [-0.3, -0.25) is 4.79 Å². The number of benzene rings is 2. The maximum atomic E-state index is 12.8. The fourth-order valence-corrected chi connectivity index (χ4v) is 2.97. The van der Waals surface area contributed by atoms with Crippen molar-refractivity contribution < 1.29 is 13.9 Å². The maximum Gasteiger partial charge on any atom is 0.232 e. The van der Waals surface area contributed by atoms with Crippen LogP contribution in [0.25, 0.3) is 0 Å². The normalized spacial score (nSPS) is 10.4. The van der Waals surface area contributed by atoms with Crippen molar-refractivity contribution in [2.75, 3.05) is 19.9 Å². The smallest absolute Gasteiger partial charge is 0.232 e. The van der Waals surface area contributed by atoms with Crippen molar-refractivity contribution in [3.63, 3.8) is 0 Å². The summed E-state index contributed by atoms with van der Waals surface area (Å²) in [6.07, 6.45) is 0. The Morgan fingerprint density at radius 1 is 1.09 bits per heavy atom. The van der Waals surface area contributed by atoms with Crippen molar-refractivity contribution >= 4 is 17.7 Å². The lowest BCUT2D eigenvalue weighted by Gasteiger charge is -2.17. The number of carbonyl (C=O) groups excluding carboxylic acids is 1. The van der Waals surface area contributed by atoms with Crippen LogP contribution in [0, 0.1) is 5.82 Å². The molecule has 3 nitrogen and oxygen atoms in total. The Morgan fingerprint density at radius 2 is 1.70 bits per heavy atom. The molecule has 0 saturated carbocycles. The van der Waals surface area contributed by atoms with Gasteiger partial charge in [-0.25, -0.2) is 4.39 Å². The summed E-state index contributed by atoms with van der Waals surface area (Å²) in [6, 6.07) is 14.0. The van der Waals surface area contributed by atoms with E-state index in [-0.39, 0.29) is 11.7 Å². The first-order chi connectivity index (χ1) is 11.1. The molecule has 0 aromatic heterocycles. The van der Waals surface area contributed by atoms with Crippen LogP contribution in [0.1, 0.15) is 11.1 Å². The van der Waals surface area contributed by atoms with E-state index in [0.717, 1.165) is 16.9 Å². The molecule has 0 atom stereocenters. The molecule has 0 aliphatic heterocycles. The third kappa shape index (κ3) is 5.60. The molecule has 2 aromatic carbocycles. The number of carbonyl (C=O) groups is 1. The molecular formula is C18H20FNO2S. The number of nitrogens with zero attached hydrogens (tertiary/aromatic N) is 1. The predicted molar refractivity (Wildman–Crippen MR) is 92.0 cm³/mol. The second-order valence-corrected chi connectivity index (χ2v) is 6.20. The largest absolute Gasteiger partial charge is 0.497 e. The summed E-state index contributed by atoms with van der Waals surface area (Å²) in [5.41, 5.74) is 2.08. The molecular weight excluding hydrogens is 313 g/mol. The lowest BCUT2D eigenvalue weighted by molar-refractivity contribution is -0.127. The van der Waals surface area contributed by atoms with E-state index in [1.807, 2.05) is 24.3 Å². The number of hydrogen-bond acceptors (Lipinski definition) is 3. The van der Waals surface area contributed by atoms with Gasteiger partial charge in [0.1, 0.15) is 11.6 Å². The number of hydrogen-bond donors (Lipinski definition) is 0. The molecule has 122 valence electrons. The molecule has 5 heteroatoms. The fraction of sp³-hybridized carbons (Fsp3) is 0.278. The van der Waals surface area contributed by atoms with Gasteiger partial charge in [0, 0.05) is 19.3 Å². The molecule has 0 heterocycles. The minimum absolute atomic E-state index is 0.0768. The van der Waals surface area contributed by atoms with E-state index in [4.69, 9.17) is 4.74 Å². The third-order valence-electron chi connectivity index (χ3n) is 3.41. The van der Waals surface area contributed by atoms with Gasteiger partial charge >= 0.3 is 0 Å². The number of thioether (sulfide) groups is 1. The second kappa shape index (κ2) is 8.58. The Labute approximate surface area is 140 Å². The second-order valence-electron chi connectivity index (χ2n) is 5.22. The van der Waals surface area contributed by atoms with Crippen LogP contribution in [0.3, 0.4) is 0 Å². The van der Waals surface area contributed by atoms with E-state index >= 15 is 0 Å². The van der Waals surface area contributed by atoms with Gasteiger partial charge in [0.25, 0.3) is 0 Å². The van der Waals surface area contributed by atoms with Crippen LogP contribution in [-0.2, 0) is 17.1 Å². The van der Waals surface area contributed by atoms with Crippen LogP contribution >= 0.6 is 11.8 Å². The van der Waals surface area contributed by atoms with Gasteiger partial charge < -0.3 is 9.64 Å². The highest BCUT2D eigenvalue weighted by molar-refractivity contribution is 7.99. The zero-order valence-corrected chi connectivity index (χ0v) is 14.1. The molecule has 0 fully saturated rings. The summed E-state index contributed by atoms with van der Waals surface area (Å²) in [5.74, 6) is 1.74. The predicted octanol–water partition coefficient (Wildman–Crippen LogP) is 3.73. The number of halogens is 1. The number of methoxy groups -OCH3 is 1. The van der Waals surface area contributed by atoms with Gasteiger partial charge in [-0.2, -0.15) is 0 Å². The Kier molecular flexibility index (Phi) is 6.47. The van der Waals surface area contributed by atoms with Crippen molar-refractivity contribution in [3.8, 4) is 5.75 Å². The molecule has 0 spiro atoms. The van der Waals surface area contributed by atoms with E-state index in [2.05, 4.69) is 0 Å². The Morgan fingerprint density at radius 3 is 2.30 bits per heavy atom. The van der Waals surface area contributed by atoms with E-state index in [0.29, 0.717) is 18.1 Å². The number of rotatable bonds is 7. The van der Waals surface area contributed by atoms with Crippen LogP contribution in [0.4, 0.5) is 4.39 Å². The van der Waals surface area contributed by atoms with E-state index < -0.39 is 0 Å². The summed E-state index contributed by atoms with van der Waals surface area (Å²) in [6.45, 7) is 0.569. The molecule has 23 heavy (non-hydrogen) atoms. The summed E-state index contributed by atoms with van der Waals surface area (Å²) in [5, 5.41) is 0. The van der Waals surface area contributed by atoms with Crippen molar-refractivity contribution in [1.29, 1.82) is 0 Å². The average Bonchev–Trinajstić information content (AvgIpc) is 2.57. The minimum Gasteiger partial charge on any atom is -0.497 e. The summed E-state index contributed by atoms with van der Waals surface area (Å²) >= 11 is 1.53. The standard InChI is InChI=1S/C18H20FNO2S/c1-20(11-14-5-9-17(22-2)10-6-14)18(21)13-23-12-15-3-7-16(19)8-4-15/h3-10H,11-13H2,1-2H3. The van der Waals surface area contributed by atoms with Gasteiger partial charge in [0.2, 0.25) is 5.91 Å². The molecule has 0 bridgehead atoms. The highest BCUT2D eigenvalue weighted by atomic mass is 32.2. The SMILES string of the molecule is COc1ccc(CN(C)C(=O)CSCc2ccc(F)cc2)cc1. The summed E-state index contributed by atoms with van der Waals surface area (Å²) < 4.78 is 17.9. The van der Waals surface area contributed by atoms with Gasteiger partial charge in [-0.1, -0.05) is 24.3 Å². The Bertz CT molecular complexity index is 628. The van der Waals surface area contributed by atoms with Gasteiger partial charge in [-0.15, -0.1) is 11.8 Å². The Balaban J connectivity index is 1.76. The molecule has 0 N–H and O–H groups in total. The average molecular weight is 333 g/mol. The molecule has 0 radical (unpaired) electrons. The van der Waals surface area contributed by atoms with Gasteiger partial charge in [0.15, 0.2) is 0 Å². The van der Waals surface area contributed by atoms with Crippen LogP contribution in [-0.4, -0.2) is 30.7 Å². The topological polar surface area (TPSA) is 29.5 Å². The van der Waals surface area contributed by atoms with Crippen molar-refractivity contribution in [1.82, 2.24) is 4.90 Å². The first-order valence-electron chi connectivity index (χ1n) is 7.27. The van der Waals surface area contributed by atoms with Crippen molar-refractivity contribution in [2.45, 2.75) is 12.3 Å². The monoisotopic (exact) mass is 333 g/mol. The molecule has 0 aliphatic carbocycles. The maximum absolute atomic E-state index is 12.8. The van der Waals surface area contributed by atoms with Gasteiger partial charge in [-0.05, 0) is 35.4 Å². The first kappa shape index (κ1) is 17.3. The first-order valence-corrected chi connectivity index (χ1v) is 8.43. The number of ether oxygens (including phenoxy) is 1. The zero-order chi connectivity index (χ0) is 16.7. The van der Waals surface area contributed by atoms with Crippen LogP contribution in [0.5, 0.6) is 5.75 Å². The Hall–Kier alpha value is -2.01. The lowest BCUT2D eigenvalue weighted by atomic mass is 10.2. The summed E-state index contributed by atoms with van der Waals surface area (Å²) in [7, 11) is 3.42. The van der Waals surface area contributed by atoms with Crippen LogP contribution < -0.4 is 4.74 Å². The zero-order valence-electron chi connectivity index (χ0n) is 13.3. The molecule has 2 aromatic rings. The van der Waals surface area contributed by atoms with Crippen molar-refractivity contribution in [3.05, 3.63) is 65.5 Å². The summed E-state index contributed by atoms with van der Waals surface area (Å²) in [4.78, 5) is 13.8. The quantitative estimate of drug-likeness (QED) is 0.773. The van der Waals surface area contributed by atoms with Crippen LogP contribution in [0.2, 0.25) is 0 Å². The van der Waals surface area contributed by atoms with E-state index in [1.165, 1.54) is 23.9 Å². The number of amides is 1. The molecule has 1 amide bonds. The van der Waals surface area contributed by atoms with Crippen LogP contribution in [0.15, 0.2) is 48.5 Å². The highest BCUT2D eigenvalue weighted by Crippen LogP contribution is 2.15. The minimum atomic E-state index is -0.242. The van der Waals surface area contributed by atoms with Gasteiger partial charge in [0.05, 0.1) is 12.9 Å². The molecule has 0 saturated heterocycles. The fourth-order valence-electron chi connectivity index (χ4n) is 2.04. The van der Waals surface area contributed by atoms with E-state index in [9.17, 15) is 9.18 Å². The molecule has 2 rings (SSSR count).